The molecule has 134 valence electrons. The van der Waals surface area contributed by atoms with Crippen molar-refractivity contribution in [2.24, 2.45) is 0 Å². The maximum absolute atomic E-state index is 12.0. The minimum Gasteiger partial charge on any atom is -0.481 e. The molecule has 0 aliphatic rings. The Morgan fingerprint density at radius 1 is 1.08 bits per heavy atom. The summed E-state index contributed by atoms with van der Waals surface area (Å²) in [5.41, 5.74) is 1.16. The molecule has 2 aromatic rings. The molecular weight excluding hydrogens is 382 g/mol. The molecule has 2 atom stereocenters. The number of benzene rings is 2. The molecule has 2 aromatic carbocycles. The van der Waals surface area contributed by atoms with Gasteiger partial charge in [-0.05, 0) is 50.1 Å². The van der Waals surface area contributed by atoms with Crippen LogP contribution in [0.2, 0.25) is 0 Å². The molecule has 0 aliphatic carbocycles. The average molecular weight is 406 g/mol. The van der Waals surface area contributed by atoms with Gasteiger partial charge in [0.05, 0.1) is 6.10 Å². The lowest BCUT2D eigenvalue weighted by atomic mass is 10.1. The predicted octanol–water partition coefficient (Wildman–Crippen LogP) is 4.50. The van der Waals surface area contributed by atoms with Crippen LogP contribution in [0.1, 0.15) is 31.9 Å². The molecule has 1 amide bonds. The van der Waals surface area contributed by atoms with Crippen LogP contribution in [0.3, 0.4) is 0 Å². The van der Waals surface area contributed by atoms with Crippen molar-refractivity contribution in [2.75, 3.05) is 13.2 Å². The van der Waals surface area contributed by atoms with Gasteiger partial charge in [-0.1, -0.05) is 46.3 Å². The Labute approximate surface area is 157 Å². The Kier molecular flexibility index (Phi) is 7.95. The molecule has 0 saturated carbocycles. The van der Waals surface area contributed by atoms with Crippen molar-refractivity contribution in [3.8, 4) is 5.75 Å². The maximum atomic E-state index is 12.0. The minimum atomic E-state index is -0.537. The molecule has 0 heterocycles. The van der Waals surface area contributed by atoms with Gasteiger partial charge in [0.2, 0.25) is 0 Å². The molecule has 0 radical (unpaired) electrons. The Bertz CT molecular complexity index is 646. The summed E-state index contributed by atoms with van der Waals surface area (Å²) in [6.45, 7) is 4.93. The molecule has 0 aromatic heterocycles. The normalized spacial score (nSPS) is 13.1. The number of hydrogen-bond donors (Lipinski definition) is 1. The maximum Gasteiger partial charge on any atom is 0.260 e. The minimum absolute atomic E-state index is 0.0524. The molecule has 0 spiro atoms. The molecule has 1 N–H and O–H groups in total. The summed E-state index contributed by atoms with van der Waals surface area (Å²) >= 11 is 3.37. The lowest BCUT2D eigenvalue weighted by molar-refractivity contribution is -0.127. The molecular formula is C20H24BrNO3. The van der Waals surface area contributed by atoms with Crippen LogP contribution in [0.5, 0.6) is 5.75 Å². The van der Waals surface area contributed by atoms with E-state index in [0.29, 0.717) is 18.9 Å². The molecule has 2 unspecified atom stereocenters. The van der Waals surface area contributed by atoms with Crippen LogP contribution < -0.4 is 10.1 Å². The Balaban J connectivity index is 1.62. The smallest absolute Gasteiger partial charge is 0.260 e. The second kappa shape index (κ2) is 10.2. The van der Waals surface area contributed by atoms with Crippen LogP contribution in [0, 0.1) is 0 Å². The fraction of sp³-hybridized carbons (Fsp3) is 0.350. The van der Waals surface area contributed by atoms with E-state index in [1.54, 1.807) is 6.92 Å². The third-order valence-electron chi connectivity index (χ3n) is 3.75. The number of halogens is 1. The Morgan fingerprint density at radius 3 is 2.44 bits per heavy atom. The second-order valence-corrected chi connectivity index (χ2v) is 6.70. The molecule has 0 saturated heterocycles. The van der Waals surface area contributed by atoms with Crippen molar-refractivity contribution in [1.29, 1.82) is 0 Å². The third kappa shape index (κ3) is 6.88. The zero-order valence-electron chi connectivity index (χ0n) is 14.6. The van der Waals surface area contributed by atoms with Crippen molar-refractivity contribution in [1.82, 2.24) is 5.32 Å². The van der Waals surface area contributed by atoms with Gasteiger partial charge in [0, 0.05) is 17.6 Å². The largest absolute Gasteiger partial charge is 0.481 e. The van der Waals surface area contributed by atoms with E-state index in [-0.39, 0.29) is 12.0 Å². The number of hydrogen-bond acceptors (Lipinski definition) is 3. The zero-order chi connectivity index (χ0) is 18.1. The van der Waals surface area contributed by atoms with Crippen molar-refractivity contribution in [3.63, 3.8) is 0 Å². The molecule has 25 heavy (non-hydrogen) atoms. The summed E-state index contributed by atoms with van der Waals surface area (Å²) in [7, 11) is 0. The van der Waals surface area contributed by atoms with Gasteiger partial charge in [-0.15, -0.1) is 0 Å². The summed E-state index contributed by atoms with van der Waals surface area (Å²) in [6.07, 6.45) is 0.274. The Morgan fingerprint density at radius 2 is 1.76 bits per heavy atom. The van der Waals surface area contributed by atoms with E-state index >= 15 is 0 Å². The SMILES string of the molecule is CC(Oc1ccc(Br)cc1)C(=O)NCCCOC(C)c1ccccc1. The highest BCUT2D eigenvalue weighted by atomic mass is 79.9. The first kappa shape index (κ1) is 19.5. The van der Waals surface area contributed by atoms with E-state index in [1.807, 2.05) is 61.5 Å². The van der Waals surface area contributed by atoms with Gasteiger partial charge < -0.3 is 14.8 Å². The first-order valence-electron chi connectivity index (χ1n) is 8.42. The van der Waals surface area contributed by atoms with E-state index in [1.165, 1.54) is 0 Å². The molecule has 5 heteroatoms. The number of rotatable bonds is 9. The van der Waals surface area contributed by atoms with Gasteiger partial charge >= 0.3 is 0 Å². The van der Waals surface area contributed by atoms with Gasteiger partial charge in [-0.3, -0.25) is 4.79 Å². The summed E-state index contributed by atoms with van der Waals surface area (Å²) in [4.78, 5) is 12.0. The predicted molar refractivity (Wildman–Crippen MR) is 103 cm³/mol. The van der Waals surface area contributed by atoms with Crippen LogP contribution in [-0.2, 0) is 9.53 Å². The van der Waals surface area contributed by atoms with Gasteiger partial charge in [0.1, 0.15) is 5.75 Å². The molecule has 2 rings (SSSR count). The molecule has 4 nitrogen and oxygen atoms in total. The number of amides is 1. The van der Waals surface area contributed by atoms with E-state index in [4.69, 9.17) is 9.47 Å². The summed E-state index contributed by atoms with van der Waals surface area (Å²) in [5.74, 6) is 0.546. The molecule has 0 fully saturated rings. The number of carbonyl (C=O) groups is 1. The van der Waals surface area contributed by atoms with Gasteiger partial charge in [0.25, 0.3) is 5.91 Å². The highest BCUT2D eigenvalue weighted by molar-refractivity contribution is 9.10. The van der Waals surface area contributed by atoms with Crippen molar-refractivity contribution >= 4 is 21.8 Å². The van der Waals surface area contributed by atoms with Crippen LogP contribution >= 0.6 is 15.9 Å². The lowest BCUT2D eigenvalue weighted by Gasteiger charge is -2.16. The second-order valence-electron chi connectivity index (χ2n) is 5.78. The fourth-order valence-corrected chi connectivity index (χ4v) is 2.54. The average Bonchev–Trinajstić information content (AvgIpc) is 2.63. The topological polar surface area (TPSA) is 47.6 Å². The lowest BCUT2D eigenvalue weighted by Crippen LogP contribution is -2.37. The van der Waals surface area contributed by atoms with E-state index in [9.17, 15) is 4.79 Å². The quantitative estimate of drug-likeness (QED) is 0.624. The fourth-order valence-electron chi connectivity index (χ4n) is 2.28. The first-order valence-corrected chi connectivity index (χ1v) is 9.22. The summed E-state index contributed by atoms with van der Waals surface area (Å²) < 4.78 is 12.4. The van der Waals surface area contributed by atoms with Crippen LogP contribution in [-0.4, -0.2) is 25.2 Å². The van der Waals surface area contributed by atoms with Gasteiger partial charge in [-0.25, -0.2) is 0 Å². The van der Waals surface area contributed by atoms with E-state index in [2.05, 4.69) is 21.2 Å². The first-order chi connectivity index (χ1) is 12.1. The highest BCUT2D eigenvalue weighted by Gasteiger charge is 2.14. The van der Waals surface area contributed by atoms with Gasteiger partial charge in [-0.2, -0.15) is 0 Å². The number of nitrogens with one attached hydrogen (secondary N) is 1. The van der Waals surface area contributed by atoms with Crippen molar-refractivity contribution in [2.45, 2.75) is 32.5 Å². The van der Waals surface area contributed by atoms with Gasteiger partial charge in [0.15, 0.2) is 6.10 Å². The highest BCUT2D eigenvalue weighted by Crippen LogP contribution is 2.17. The van der Waals surface area contributed by atoms with Crippen LogP contribution in [0.25, 0.3) is 0 Å². The van der Waals surface area contributed by atoms with Crippen molar-refractivity contribution < 1.29 is 14.3 Å². The third-order valence-corrected chi connectivity index (χ3v) is 4.28. The monoisotopic (exact) mass is 405 g/mol. The number of carbonyl (C=O) groups excluding carboxylic acids is 1. The van der Waals surface area contributed by atoms with Crippen molar-refractivity contribution in [3.05, 3.63) is 64.6 Å². The number of ether oxygens (including phenoxy) is 2. The summed E-state index contributed by atoms with van der Waals surface area (Å²) in [5, 5.41) is 2.87. The zero-order valence-corrected chi connectivity index (χ0v) is 16.2. The molecule has 0 bridgehead atoms. The van der Waals surface area contributed by atoms with Crippen LogP contribution in [0.15, 0.2) is 59.1 Å². The van der Waals surface area contributed by atoms with Crippen LogP contribution in [0.4, 0.5) is 0 Å². The molecule has 0 aliphatic heterocycles. The Hall–Kier alpha value is -1.85. The summed E-state index contributed by atoms with van der Waals surface area (Å²) in [6, 6.07) is 17.5. The standard InChI is InChI=1S/C20H24BrNO3/c1-15(17-7-4-3-5-8-17)24-14-6-13-22-20(23)16(2)25-19-11-9-18(21)10-12-19/h3-5,7-12,15-16H,6,13-14H2,1-2H3,(H,22,23). The van der Waals surface area contributed by atoms with E-state index < -0.39 is 6.10 Å². The van der Waals surface area contributed by atoms with E-state index in [0.717, 1.165) is 16.5 Å².